The summed E-state index contributed by atoms with van der Waals surface area (Å²) in [5, 5.41) is 20.1. The van der Waals surface area contributed by atoms with Gasteiger partial charge in [0.05, 0.1) is 32.2 Å². The number of nitrogens with zero attached hydrogens (tertiary/aromatic N) is 2. The lowest BCUT2D eigenvalue weighted by Crippen LogP contribution is -2.42. The molecule has 0 unspecified atom stereocenters. The number of carboxylic acid groups (broad SMARTS) is 1. The third kappa shape index (κ3) is 5.92. The van der Waals surface area contributed by atoms with Gasteiger partial charge in [0.25, 0.3) is 11.8 Å². The summed E-state index contributed by atoms with van der Waals surface area (Å²) in [6.45, 7) is 0.578. The fraction of sp³-hybridized carbons (Fsp3) is 0.214. The Morgan fingerprint density at radius 1 is 1.15 bits per heavy atom. The quantitative estimate of drug-likeness (QED) is 0.286. The first-order valence-electron chi connectivity index (χ1n) is 12.5. The standard InChI is InChI=1S/C28H24Cl2N4O6S/c1-41(39,40)19-4-2-3-15(9-19)10-23(28(37)38)32-26(35)24-21(29)11-18-14-34(8-7-20(18)25(24)30)27(36)16-5-6-17-13-31-33-22(17)12-16/h2-6,9,11-13,23H,7-8,10,14H2,1H3,(H,31,33)(H,32,35)(H,37,38)/t23-/m0/s1. The Morgan fingerprint density at radius 2 is 1.93 bits per heavy atom. The van der Waals surface area contributed by atoms with E-state index >= 15 is 0 Å². The predicted molar refractivity (Wildman–Crippen MR) is 153 cm³/mol. The molecule has 5 rings (SSSR count). The third-order valence-electron chi connectivity index (χ3n) is 6.98. The van der Waals surface area contributed by atoms with E-state index in [0.29, 0.717) is 35.2 Å². The van der Waals surface area contributed by atoms with Crippen LogP contribution in [0.4, 0.5) is 0 Å². The van der Waals surface area contributed by atoms with Crippen LogP contribution in [-0.2, 0) is 34.0 Å². The molecule has 2 amide bonds. The lowest BCUT2D eigenvalue weighted by atomic mass is 9.95. The molecular formula is C28H24Cl2N4O6S. The zero-order chi connectivity index (χ0) is 29.5. The van der Waals surface area contributed by atoms with Crippen molar-refractivity contribution in [3.05, 3.63) is 92.6 Å². The topological polar surface area (TPSA) is 150 Å². The summed E-state index contributed by atoms with van der Waals surface area (Å²) in [6.07, 6.45) is 2.93. The molecule has 0 saturated heterocycles. The lowest BCUT2D eigenvalue weighted by molar-refractivity contribution is -0.139. The van der Waals surface area contributed by atoms with E-state index in [2.05, 4.69) is 15.5 Å². The van der Waals surface area contributed by atoms with Crippen LogP contribution >= 0.6 is 23.2 Å². The highest BCUT2D eigenvalue weighted by Crippen LogP contribution is 2.35. The first-order valence-corrected chi connectivity index (χ1v) is 15.1. The van der Waals surface area contributed by atoms with Gasteiger partial charge in [0.1, 0.15) is 6.04 Å². The Morgan fingerprint density at radius 3 is 2.66 bits per heavy atom. The van der Waals surface area contributed by atoms with Crippen molar-refractivity contribution in [2.45, 2.75) is 30.3 Å². The second-order valence-corrected chi connectivity index (χ2v) is 12.6. The molecule has 4 aromatic rings. The van der Waals surface area contributed by atoms with Crippen molar-refractivity contribution in [1.29, 1.82) is 0 Å². The van der Waals surface area contributed by atoms with Crippen molar-refractivity contribution in [3.8, 4) is 0 Å². The van der Waals surface area contributed by atoms with Gasteiger partial charge in [-0.2, -0.15) is 5.10 Å². The number of carboxylic acids is 1. The molecule has 3 aromatic carbocycles. The maximum Gasteiger partial charge on any atom is 0.326 e. The summed E-state index contributed by atoms with van der Waals surface area (Å²) in [5.41, 5.74) is 2.94. The summed E-state index contributed by atoms with van der Waals surface area (Å²) in [4.78, 5) is 40.1. The highest BCUT2D eigenvalue weighted by molar-refractivity contribution is 7.90. The number of fused-ring (bicyclic) bond motifs is 2. The molecule has 0 saturated carbocycles. The van der Waals surface area contributed by atoms with E-state index < -0.39 is 27.8 Å². The molecule has 10 nitrogen and oxygen atoms in total. The molecule has 1 aromatic heterocycles. The lowest BCUT2D eigenvalue weighted by Gasteiger charge is -2.30. The normalized spacial score (nSPS) is 14.0. The van der Waals surface area contributed by atoms with Gasteiger partial charge in [0.15, 0.2) is 9.84 Å². The van der Waals surface area contributed by atoms with Crippen LogP contribution in [0.25, 0.3) is 10.9 Å². The van der Waals surface area contributed by atoms with E-state index in [4.69, 9.17) is 23.2 Å². The number of nitrogens with one attached hydrogen (secondary N) is 2. The molecule has 0 spiro atoms. The van der Waals surface area contributed by atoms with Crippen LogP contribution in [0.5, 0.6) is 0 Å². The third-order valence-corrected chi connectivity index (χ3v) is 8.80. The number of carbonyl (C=O) groups excluding carboxylic acids is 2. The van der Waals surface area contributed by atoms with Crippen molar-refractivity contribution >= 4 is 61.7 Å². The van der Waals surface area contributed by atoms with Crippen molar-refractivity contribution < 1.29 is 27.9 Å². The van der Waals surface area contributed by atoms with Gasteiger partial charge in [0.2, 0.25) is 0 Å². The number of aromatic nitrogens is 2. The highest BCUT2D eigenvalue weighted by Gasteiger charge is 2.30. The van der Waals surface area contributed by atoms with Gasteiger partial charge in [0, 0.05) is 36.7 Å². The molecule has 2 heterocycles. The Kier molecular flexibility index (Phi) is 7.78. The van der Waals surface area contributed by atoms with Crippen LogP contribution < -0.4 is 5.32 Å². The molecule has 0 aliphatic carbocycles. The smallest absolute Gasteiger partial charge is 0.326 e. The highest BCUT2D eigenvalue weighted by atomic mass is 35.5. The molecule has 0 fully saturated rings. The molecule has 0 radical (unpaired) electrons. The van der Waals surface area contributed by atoms with Crippen molar-refractivity contribution in [3.63, 3.8) is 0 Å². The van der Waals surface area contributed by atoms with Gasteiger partial charge in [-0.3, -0.25) is 14.7 Å². The fourth-order valence-electron chi connectivity index (χ4n) is 4.86. The van der Waals surface area contributed by atoms with Crippen LogP contribution in [0.15, 0.2) is 59.6 Å². The monoisotopic (exact) mass is 614 g/mol. The Bertz CT molecular complexity index is 1820. The molecule has 3 N–H and O–H groups in total. The van der Waals surface area contributed by atoms with E-state index in [-0.39, 0.29) is 39.4 Å². The van der Waals surface area contributed by atoms with Gasteiger partial charge in [-0.05, 0) is 53.4 Å². The van der Waals surface area contributed by atoms with E-state index in [9.17, 15) is 27.9 Å². The number of rotatable bonds is 7. The Hall–Kier alpha value is -3.93. The van der Waals surface area contributed by atoms with Gasteiger partial charge in [-0.1, -0.05) is 41.4 Å². The molecular weight excluding hydrogens is 591 g/mol. The zero-order valence-electron chi connectivity index (χ0n) is 21.6. The number of hydrogen-bond donors (Lipinski definition) is 3. The van der Waals surface area contributed by atoms with Gasteiger partial charge in [-0.15, -0.1) is 0 Å². The molecule has 0 bridgehead atoms. The largest absolute Gasteiger partial charge is 0.480 e. The molecule has 1 aliphatic rings. The van der Waals surface area contributed by atoms with Crippen LogP contribution in [-0.4, -0.2) is 65.2 Å². The summed E-state index contributed by atoms with van der Waals surface area (Å²) in [6, 6.07) is 11.4. The number of aromatic amines is 1. The minimum atomic E-state index is -3.50. The number of amides is 2. The van der Waals surface area contributed by atoms with Crippen molar-refractivity contribution in [2.24, 2.45) is 0 Å². The maximum absolute atomic E-state index is 13.2. The van der Waals surface area contributed by atoms with Crippen LogP contribution in [0.3, 0.4) is 0 Å². The molecule has 13 heteroatoms. The van der Waals surface area contributed by atoms with Crippen molar-refractivity contribution in [1.82, 2.24) is 20.4 Å². The van der Waals surface area contributed by atoms with Crippen molar-refractivity contribution in [2.75, 3.05) is 12.8 Å². The molecule has 41 heavy (non-hydrogen) atoms. The number of sulfone groups is 1. The van der Waals surface area contributed by atoms with Crippen LogP contribution in [0, 0.1) is 0 Å². The Labute approximate surface area is 245 Å². The second-order valence-electron chi connectivity index (χ2n) is 9.82. The number of aliphatic carboxylic acids is 1. The van der Waals surface area contributed by atoms with E-state index in [1.807, 2.05) is 6.07 Å². The van der Waals surface area contributed by atoms with Crippen LogP contribution in [0.2, 0.25) is 10.0 Å². The first kappa shape index (κ1) is 28.6. The first-order chi connectivity index (χ1) is 19.4. The summed E-state index contributed by atoms with van der Waals surface area (Å²) < 4.78 is 23.8. The van der Waals surface area contributed by atoms with Gasteiger partial charge >= 0.3 is 5.97 Å². The van der Waals surface area contributed by atoms with E-state index in [0.717, 1.165) is 17.2 Å². The summed E-state index contributed by atoms with van der Waals surface area (Å²) >= 11 is 13.1. The maximum atomic E-state index is 13.2. The number of halogens is 2. The minimum Gasteiger partial charge on any atom is -0.480 e. The minimum absolute atomic E-state index is 0.0163. The Balaban J connectivity index is 1.35. The average molecular weight is 615 g/mol. The SMILES string of the molecule is CS(=O)(=O)c1cccc(C[C@H](NC(=O)c2c(Cl)cc3c(c2Cl)CCN(C(=O)c2ccc4cn[nH]c4c2)C3)C(=O)O)c1. The molecule has 1 atom stereocenters. The van der Waals surface area contributed by atoms with Gasteiger partial charge < -0.3 is 15.3 Å². The number of carbonyl (C=O) groups is 3. The zero-order valence-corrected chi connectivity index (χ0v) is 24.0. The van der Waals surface area contributed by atoms with E-state index in [1.165, 1.54) is 18.2 Å². The molecule has 1 aliphatic heterocycles. The average Bonchev–Trinajstić information content (AvgIpc) is 3.39. The number of H-pyrrole nitrogens is 1. The van der Waals surface area contributed by atoms with Gasteiger partial charge in [-0.25, -0.2) is 13.2 Å². The number of benzene rings is 3. The molecule has 212 valence electrons. The summed E-state index contributed by atoms with van der Waals surface area (Å²) in [5.74, 6) is -2.26. The fourth-order valence-corrected chi connectivity index (χ4v) is 6.31. The predicted octanol–water partition coefficient (Wildman–Crippen LogP) is 3.90. The number of hydrogen-bond acceptors (Lipinski definition) is 6. The second kappa shape index (κ2) is 11.2. The van der Waals surface area contributed by atoms with E-state index in [1.54, 1.807) is 35.4 Å². The summed E-state index contributed by atoms with van der Waals surface area (Å²) in [7, 11) is -3.50. The van der Waals surface area contributed by atoms with Crippen LogP contribution in [0.1, 0.15) is 37.4 Å².